The number of ketones is 1. The van der Waals surface area contributed by atoms with Crippen molar-refractivity contribution in [3.63, 3.8) is 0 Å². The Kier molecular flexibility index (Phi) is 6.36. The topological polar surface area (TPSA) is 119 Å². The van der Waals surface area contributed by atoms with Gasteiger partial charge in [0.15, 0.2) is 0 Å². The van der Waals surface area contributed by atoms with E-state index >= 15 is 0 Å². The predicted molar refractivity (Wildman–Crippen MR) is 112 cm³/mol. The van der Waals surface area contributed by atoms with Crippen LogP contribution in [0.3, 0.4) is 0 Å². The second-order valence-corrected chi connectivity index (χ2v) is 7.01. The fourth-order valence-corrected chi connectivity index (χ4v) is 3.60. The van der Waals surface area contributed by atoms with Gasteiger partial charge < -0.3 is 19.5 Å². The van der Waals surface area contributed by atoms with Crippen LogP contribution in [0.15, 0.2) is 48.0 Å². The number of aryl methyl sites for hydroxylation is 1. The number of benzene rings is 2. The van der Waals surface area contributed by atoms with Crippen molar-refractivity contribution < 1.29 is 29.1 Å². The van der Waals surface area contributed by atoms with Crippen molar-refractivity contribution in [2.45, 2.75) is 13.0 Å². The van der Waals surface area contributed by atoms with Crippen molar-refractivity contribution >= 4 is 23.1 Å². The number of aliphatic hydroxyl groups excluding tert-OH is 1. The van der Waals surface area contributed by atoms with Crippen molar-refractivity contribution in [1.29, 1.82) is 0 Å². The maximum Gasteiger partial charge on any atom is 0.295 e. The van der Waals surface area contributed by atoms with Crippen molar-refractivity contribution in [3.05, 3.63) is 74.8 Å². The summed E-state index contributed by atoms with van der Waals surface area (Å²) in [5.74, 6) is -1.33. The molecular formula is C22H22N2O7. The van der Waals surface area contributed by atoms with Gasteiger partial charge in [-0.05, 0) is 48.4 Å². The van der Waals surface area contributed by atoms with Crippen LogP contribution in [0.2, 0.25) is 0 Å². The van der Waals surface area contributed by atoms with Gasteiger partial charge in [0.25, 0.3) is 17.4 Å². The lowest BCUT2D eigenvalue weighted by atomic mass is 9.93. The molecule has 9 nitrogen and oxygen atoms in total. The zero-order chi connectivity index (χ0) is 22.7. The average Bonchev–Trinajstić information content (AvgIpc) is 3.01. The van der Waals surface area contributed by atoms with Crippen LogP contribution in [-0.4, -0.2) is 54.0 Å². The van der Waals surface area contributed by atoms with Gasteiger partial charge in [0.1, 0.15) is 11.5 Å². The van der Waals surface area contributed by atoms with Gasteiger partial charge in [-0.2, -0.15) is 0 Å². The van der Waals surface area contributed by atoms with Gasteiger partial charge in [-0.1, -0.05) is 0 Å². The van der Waals surface area contributed by atoms with Crippen LogP contribution in [0.25, 0.3) is 5.76 Å². The number of nitro groups is 1. The minimum Gasteiger partial charge on any atom is -0.507 e. The van der Waals surface area contributed by atoms with Crippen LogP contribution < -0.4 is 4.74 Å². The van der Waals surface area contributed by atoms with Crippen molar-refractivity contribution in [2.24, 2.45) is 0 Å². The SMILES string of the molecule is COCCN1C(=O)C(=O)/C(=C(/O)c2ccc(OC)cc2C)[C@@H]1c1ccc([N+](=O)[O-])cc1. The Hall–Kier alpha value is -3.72. The number of rotatable bonds is 7. The number of non-ortho nitro benzene ring substituents is 1. The highest BCUT2D eigenvalue weighted by Gasteiger charge is 2.46. The summed E-state index contributed by atoms with van der Waals surface area (Å²) < 4.78 is 10.2. The van der Waals surface area contributed by atoms with Gasteiger partial charge in [-0.15, -0.1) is 0 Å². The summed E-state index contributed by atoms with van der Waals surface area (Å²) in [4.78, 5) is 37.4. The summed E-state index contributed by atoms with van der Waals surface area (Å²) in [6.45, 7) is 2.04. The van der Waals surface area contributed by atoms with Gasteiger partial charge in [0.05, 0.1) is 30.3 Å². The smallest absolute Gasteiger partial charge is 0.295 e. The molecule has 1 amide bonds. The van der Waals surface area contributed by atoms with Gasteiger partial charge in [-0.3, -0.25) is 19.7 Å². The lowest BCUT2D eigenvalue weighted by molar-refractivity contribution is -0.384. The van der Waals surface area contributed by atoms with E-state index in [1.165, 1.54) is 43.4 Å². The quantitative estimate of drug-likeness (QED) is 0.238. The largest absolute Gasteiger partial charge is 0.507 e. The molecule has 0 radical (unpaired) electrons. The zero-order valence-electron chi connectivity index (χ0n) is 17.3. The Morgan fingerprint density at radius 3 is 2.39 bits per heavy atom. The van der Waals surface area contributed by atoms with E-state index in [4.69, 9.17) is 9.47 Å². The molecule has 1 saturated heterocycles. The molecule has 9 heteroatoms. The number of hydrogen-bond acceptors (Lipinski definition) is 7. The van der Waals surface area contributed by atoms with Crippen LogP contribution in [0.5, 0.6) is 5.75 Å². The summed E-state index contributed by atoms with van der Waals surface area (Å²) >= 11 is 0. The van der Waals surface area contributed by atoms with E-state index < -0.39 is 22.7 Å². The van der Waals surface area contributed by atoms with Crippen molar-refractivity contribution in [3.8, 4) is 5.75 Å². The van der Waals surface area contributed by atoms with Crippen LogP contribution in [0.4, 0.5) is 5.69 Å². The summed E-state index contributed by atoms with van der Waals surface area (Å²) in [6, 6.07) is 9.59. The Morgan fingerprint density at radius 1 is 1.16 bits per heavy atom. The second-order valence-electron chi connectivity index (χ2n) is 7.01. The van der Waals surface area contributed by atoms with E-state index in [9.17, 15) is 24.8 Å². The molecule has 0 unspecified atom stereocenters. The number of likely N-dealkylation sites (tertiary alicyclic amines) is 1. The molecule has 1 aliphatic heterocycles. The number of hydrogen-bond donors (Lipinski definition) is 1. The molecule has 162 valence electrons. The molecule has 0 bridgehead atoms. The molecule has 3 rings (SSSR count). The Bertz CT molecular complexity index is 1060. The molecule has 1 atom stereocenters. The van der Waals surface area contributed by atoms with E-state index in [0.717, 1.165) is 0 Å². The highest BCUT2D eigenvalue weighted by molar-refractivity contribution is 6.46. The third-order valence-electron chi connectivity index (χ3n) is 5.18. The fourth-order valence-electron chi connectivity index (χ4n) is 3.60. The Balaban J connectivity index is 2.17. The van der Waals surface area contributed by atoms with E-state index in [-0.39, 0.29) is 30.2 Å². The number of amides is 1. The van der Waals surface area contributed by atoms with Gasteiger partial charge in [0.2, 0.25) is 0 Å². The van der Waals surface area contributed by atoms with Crippen LogP contribution in [-0.2, 0) is 14.3 Å². The van der Waals surface area contributed by atoms with E-state index in [1.54, 1.807) is 25.1 Å². The second kappa shape index (κ2) is 8.97. The lowest BCUT2D eigenvalue weighted by Gasteiger charge is -2.25. The number of aliphatic hydroxyl groups is 1. The minimum absolute atomic E-state index is 0.0803. The Morgan fingerprint density at radius 2 is 1.84 bits per heavy atom. The number of carbonyl (C=O) groups is 2. The highest BCUT2D eigenvalue weighted by atomic mass is 16.6. The Labute approximate surface area is 178 Å². The number of methoxy groups -OCH3 is 2. The summed E-state index contributed by atoms with van der Waals surface area (Å²) in [6.07, 6.45) is 0. The molecule has 1 heterocycles. The molecule has 2 aromatic rings. The summed E-state index contributed by atoms with van der Waals surface area (Å²) in [7, 11) is 2.99. The monoisotopic (exact) mass is 426 g/mol. The predicted octanol–water partition coefficient (Wildman–Crippen LogP) is 2.98. The molecule has 0 aliphatic carbocycles. The molecule has 1 fully saturated rings. The maximum atomic E-state index is 12.9. The first-order valence-corrected chi connectivity index (χ1v) is 9.46. The molecule has 0 spiro atoms. The van der Waals surface area contributed by atoms with Crippen molar-refractivity contribution in [1.82, 2.24) is 4.90 Å². The molecule has 1 aliphatic rings. The number of ether oxygens (including phenoxy) is 2. The molecular weight excluding hydrogens is 404 g/mol. The van der Waals surface area contributed by atoms with E-state index in [2.05, 4.69) is 0 Å². The van der Waals surface area contributed by atoms with E-state index in [1.807, 2.05) is 0 Å². The first-order valence-electron chi connectivity index (χ1n) is 9.46. The fraction of sp³-hybridized carbons (Fsp3) is 0.273. The molecule has 1 N–H and O–H groups in total. The molecule has 2 aromatic carbocycles. The van der Waals surface area contributed by atoms with Gasteiger partial charge in [-0.25, -0.2) is 0 Å². The average molecular weight is 426 g/mol. The third kappa shape index (κ3) is 4.13. The van der Waals surface area contributed by atoms with Gasteiger partial charge >= 0.3 is 0 Å². The minimum atomic E-state index is -0.905. The molecule has 31 heavy (non-hydrogen) atoms. The summed E-state index contributed by atoms with van der Waals surface area (Å²) in [5.41, 5.74) is 1.31. The summed E-state index contributed by atoms with van der Waals surface area (Å²) in [5, 5.41) is 22.1. The van der Waals surface area contributed by atoms with Gasteiger partial charge in [0, 0.05) is 31.4 Å². The maximum absolute atomic E-state index is 12.9. The normalized spacial score (nSPS) is 17.8. The van der Waals surface area contributed by atoms with E-state index in [0.29, 0.717) is 22.4 Å². The molecule has 0 saturated carbocycles. The number of nitro benzene ring substituents is 1. The van der Waals surface area contributed by atoms with Crippen LogP contribution >= 0.6 is 0 Å². The number of Topliss-reactive ketones (excluding diaryl/α,β-unsaturated/α-hetero) is 1. The van der Waals surface area contributed by atoms with Crippen LogP contribution in [0, 0.1) is 17.0 Å². The zero-order valence-corrected chi connectivity index (χ0v) is 17.3. The first kappa shape index (κ1) is 22.0. The lowest BCUT2D eigenvalue weighted by Crippen LogP contribution is -2.32. The third-order valence-corrected chi connectivity index (χ3v) is 5.18. The number of carbonyl (C=O) groups excluding carboxylic acids is 2. The van der Waals surface area contributed by atoms with Crippen LogP contribution in [0.1, 0.15) is 22.7 Å². The molecule has 0 aromatic heterocycles. The van der Waals surface area contributed by atoms with Crippen molar-refractivity contribution in [2.75, 3.05) is 27.4 Å². The first-order chi connectivity index (χ1) is 14.8. The standard InChI is InChI=1S/C22H22N2O7/c1-13-12-16(31-3)8-9-17(13)20(25)18-19(14-4-6-15(7-5-14)24(28)29)23(10-11-30-2)22(27)21(18)26/h4-9,12,19,25H,10-11H2,1-3H3/b20-18+/t19-/m0/s1. The highest BCUT2D eigenvalue weighted by Crippen LogP contribution is 2.40. The number of nitrogens with zero attached hydrogens (tertiary/aromatic N) is 2.